The number of aromatic nitrogens is 2. The van der Waals surface area contributed by atoms with Crippen LogP contribution in [0.25, 0.3) is 0 Å². The van der Waals surface area contributed by atoms with Gasteiger partial charge in [0, 0.05) is 32.1 Å². The van der Waals surface area contributed by atoms with Gasteiger partial charge in [-0.05, 0) is 15.9 Å². The van der Waals surface area contributed by atoms with Crippen molar-refractivity contribution in [3.05, 3.63) is 27.4 Å². The molecule has 1 fully saturated rings. The fourth-order valence-electron chi connectivity index (χ4n) is 1.79. The maximum Gasteiger partial charge on any atom is 0.268 e. The highest BCUT2D eigenvalue weighted by Crippen LogP contribution is 2.06. The Morgan fingerprint density at radius 1 is 1.33 bits per heavy atom. The molecule has 1 saturated heterocycles. The number of amides is 1. The highest BCUT2D eigenvalue weighted by atomic mass is 79.9. The lowest BCUT2D eigenvalue weighted by Gasteiger charge is -2.26. The van der Waals surface area contributed by atoms with E-state index in [0.29, 0.717) is 30.4 Å². The summed E-state index contributed by atoms with van der Waals surface area (Å²) in [4.78, 5) is 40.2. The van der Waals surface area contributed by atoms with Gasteiger partial charge >= 0.3 is 0 Å². The molecule has 0 aliphatic carbocycles. The Bertz CT molecular complexity index is 531. The average Bonchev–Trinajstić information content (AvgIpc) is 2.36. The molecule has 0 saturated carbocycles. The van der Waals surface area contributed by atoms with Gasteiger partial charge in [0.1, 0.15) is 16.8 Å². The fraction of sp³-hybridized carbons (Fsp3) is 0.455. The Labute approximate surface area is 112 Å². The molecule has 96 valence electrons. The van der Waals surface area contributed by atoms with Crippen LogP contribution in [-0.2, 0) is 16.1 Å². The molecule has 0 N–H and O–H groups in total. The monoisotopic (exact) mass is 313 g/mol. The first-order valence-corrected chi connectivity index (χ1v) is 6.36. The van der Waals surface area contributed by atoms with Crippen LogP contribution < -0.4 is 5.56 Å². The van der Waals surface area contributed by atoms with E-state index in [2.05, 4.69) is 20.9 Å². The van der Waals surface area contributed by atoms with Crippen LogP contribution in [0.1, 0.15) is 12.8 Å². The lowest BCUT2D eigenvalue weighted by molar-refractivity contribution is -0.135. The molecule has 6 nitrogen and oxygen atoms in total. The molecule has 0 bridgehead atoms. The summed E-state index contributed by atoms with van der Waals surface area (Å²) >= 11 is 3.07. The summed E-state index contributed by atoms with van der Waals surface area (Å²) in [6.07, 6.45) is 3.53. The Morgan fingerprint density at radius 3 is 2.67 bits per heavy atom. The molecule has 1 amide bonds. The number of likely N-dealkylation sites (tertiary alicyclic amines) is 1. The highest BCUT2D eigenvalue weighted by Gasteiger charge is 2.21. The van der Waals surface area contributed by atoms with E-state index in [1.165, 1.54) is 17.1 Å². The third-order valence-corrected chi connectivity index (χ3v) is 3.38. The molecular formula is C11H12BrN3O3. The van der Waals surface area contributed by atoms with Crippen LogP contribution in [0.5, 0.6) is 0 Å². The molecule has 0 unspecified atom stereocenters. The number of Topliss-reactive ketones (excluding diaryl/α,β-unsaturated/α-hetero) is 1. The van der Waals surface area contributed by atoms with E-state index in [1.807, 2.05) is 0 Å². The molecule has 7 heteroatoms. The molecule has 2 rings (SSSR count). The van der Waals surface area contributed by atoms with E-state index in [-0.39, 0.29) is 23.8 Å². The first kappa shape index (κ1) is 12.9. The molecule has 2 heterocycles. The molecule has 1 aromatic heterocycles. The topological polar surface area (TPSA) is 72.3 Å². The second-order valence-electron chi connectivity index (χ2n) is 4.09. The van der Waals surface area contributed by atoms with Crippen LogP contribution >= 0.6 is 15.9 Å². The molecular weight excluding hydrogens is 302 g/mol. The lowest BCUT2D eigenvalue weighted by Crippen LogP contribution is -2.41. The van der Waals surface area contributed by atoms with Gasteiger partial charge in [-0.2, -0.15) is 0 Å². The summed E-state index contributed by atoms with van der Waals surface area (Å²) in [6.45, 7) is 0.834. The van der Waals surface area contributed by atoms with E-state index in [4.69, 9.17) is 0 Å². The van der Waals surface area contributed by atoms with Gasteiger partial charge in [-0.15, -0.1) is 0 Å². The van der Waals surface area contributed by atoms with Crippen LogP contribution in [0.15, 0.2) is 21.8 Å². The summed E-state index contributed by atoms with van der Waals surface area (Å²) in [5.41, 5.74) is -0.286. The number of hydrogen-bond donors (Lipinski definition) is 0. The van der Waals surface area contributed by atoms with Gasteiger partial charge in [-0.1, -0.05) is 0 Å². The Morgan fingerprint density at radius 2 is 2.00 bits per heavy atom. The van der Waals surface area contributed by atoms with Crippen LogP contribution in [-0.4, -0.2) is 39.2 Å². The van der Waals surface area contributed by atoms with Crippen LogP contribution in [0.2, 0.25) is 0 Å². The van der Waals surface area contributed by atoms with E-state index in [0.717, 1.165) is 0 Å². The third-order valence-electron chi connectivity index (χ3n) is 2.84. The number of halogens is 1. The number of piperidine rings is 1. The van der Waals surface area contributed by atoms with Crippen molar-refractivity contribution < 1.29 is 9.59 Å². The van der Waals surface area contributed by atoms with Gasteiger partial charge in [0.15, 0.2) is 0 Å². The zero-order chi connectivity index (χ0) is 13.1. The summed E-state index contributed by atoms with van der Waals surface area (Å²) in [6, 6.07) is 0. The summed E-state index contributed by atoms with van der Waals surface area (Å²) in [5, 5.41) is 0. The van der Waals surface area contributed by atoms with Crippen molar-refractivity contribution in [3.63, 3.8) is 0 Å². The minimum atomic E-state index is -0.286. The third kappa shape index (κ3) is 2.84. The van der Waals surface area contributed by atoms with Gasteiger partial charge in [-0.3, -0.25) is 19.0 Å². The summed E-state index contributed by atoms with van der Waals surface area (Å²) < 4.78 is 1.58. The maximum absolute atomic E-state index is 11.9. The Hall–Kier alpha value is -1.50. The van der Waals surface area contributed by atoms with Gasteiger partial charge in [0.05, 0.1) is 6.33 Å². The normalized spacial score (nSPS) is 15.8. The molecule has 0 radical (unpaired) electrons. The van der Waals surface area contributed by atoms with Crippen molar-refractivity contribution in [2.24, 2.45) is 0 Å². The van der Waals surface area contributed by atoms with Crippen molar-refractivity contribution in [2.45, 2.75) is 19.4 Å². The standard InChI is InChI=1S/C11H12BrN3O3/c12-9-5-13-7-15(11(9)18)6-10(17)14-3-1-8(16)2-4-14/h5,7H,1-4,6H2. The molecule has 1 aromatic rings. The van der Waals surface area contributed by atoms with Gasteiger partial charge in [0.25, 0.3) is 5.56 Å². The minimum absolute atomic E-state index is 0.0422. The van der Waals surface area contributed by atoms with Crippen molar-refractivity contribution in [3.8, 4) is 0 Å². The van der Waals surface area contributed by atoms with Crippen molar-refractivity contribution in [1.82, 2.24) is 14.5 Å². The molecule has 1 aliphatic heterocycles. The number of ketones is 1. The van der Waals surface area contributed by atoms with Crippen LogP contribution in [0.4, 0.5) is 0 Å². The zero-order valence-electron chi connectivity index (χ0n) is 9.63. The predicted octanol–water partition coefficient (Wildman–Crippen LogP) is 0.197. The predicted molar refractivity (Wildman–Crippen MR) is 67.0 cm³/mol. The first-order valence-electron chi connectivity index (χ1n) is 5.57. The number of nitrogens with zero attached hydrogens (tertiary/aromatic N) is 3. The smallest absolute Gasteiger partial charge is 0.268 e. The van der Waals surface area contributed by atoms with E-state index >= 15 is 0 Å². The molecule has 0 spiro atoms. The molecule has 1 aliphatic rings. The Balaban J connectivity index is 2.05. The van der Waals surface area contributed by atoms with Crippen molar-refractivity contribution >= 4 is 27.6 Å². The van der Waals surface area contributed by atoms with Crippen LogP contribution in [0.3, 0.4) is 0 Å². The van der Waals surface area contributed by atoms with Gasteiger partial charge < -0.3 is 4.90 Å². The van der Waals surface area contributed by atoms with Crippen molar-refractivity contribution in [2.75, 3.05) is 13.1 Å². The summed E-state index contributed by atoms with van der Waals surface area (Å²) in [5.74, 6) is 0.0184. The number of hydrogen-bond acceptors (Lipinski definition) is 4. The second-order valence-corrected chi connectivity index (χ2v) is 4.95. The fourth-order valence-corrected chi connectivity index (χ4v) is 2.13. The number of rotatable bonds is 2. The average molecular weight is 314 g/mol. The first-order chi connectivity index (χ1) is 8.58. The Kier molecular flexibility index (Phi) is 3.90. The summed E-state index contributed by atoms with van der Waals surface area (Å²) in [7, 11) is 0. The van der Waals surface area contributed by atoms with E-state index < -0.39 is 0 Å². The van der Waals surface area contributed by atoms with E-state index in [1.54, 1.807) is 4.90 Å². The number of carbonyl (C=O) groups excluding carboxylic acids is 2. The second kappa shape index (κ2) is 5.43. The molecule has 0 atom stereocenters. The largest absolute Gasteiger partial charge is 0.340 e. The van der Waals surface area contributed by atoms with Gasteiger partial charge in [-0.25, -0.2) is 4.98 Å². The molecule has 0 aromatic carbocycles. The minimum Gasteiger partial charge on any atom is -0.340 e. The van der Waals surface area contributed by atoms with Crippen molar-refractivity contribution in [1.29, 1.82) is 0 Å². The maximum atomic E-state index is 11.9. The SMILES string of the molecule is O=C1CCN(C(=O)Cn2cncc(Br)c2=O)CC1. The molecule has 18 heavy (non-hydrogen) atoms. The zero-order valence-corrected chi connectivity index (χ0v) is 11.2. The quantitative estimate of drug-likeness (QED) is 0.782. The number of carbonyl (C=O) groups is 2. The van der Waals surface area contributed by atoms with Gasteiger partial charge in [0.2, 0.25) is 5.91 Å². The highest BCUT2D eigenvalue weighted by molar-refractivity contribution is 9.10. The van der Waals surface area contributed by atoms with E-state index in [9.17, 15) is 14.4 Å². The van der Waals surface area contributed by atoms with Crippen LogP contribution in [0, 0.1) is 0 Å². The lowest BCUT2D eigenvalue weighted by atomic mass is 10.1.